The molecule has 0 aliphatic heterocycles. The quantitative estimate of drug-likeness (QED) is 0.502. The highest BCUT2D eigenvalue weighted by molar-refractivity contribution is 5.82. The minimum atomic E-state index is 0.214. The van der Waals surface area contributed by atoms with Crippen LogP contribution in [0.2, 0.25) is 0 Å². The van der Waals surface area contributed by atoms with Crippen molar-refractivity contribution in [1.29, 1.82) is 0 Å². The summed E-state index contributed by atoms with van der Waals surface area (Å²) >= 11 is 0. The summed E-state index contributed by atoms with van der Waals surface area (Å²) in [6.45, 7) is 24.3. The summed E-state index contributed by atoms with van der Waals surface area (Å²) in [4.78, 5) is 0. The lowest BCUT2D eigenvalue weighted by molar-refractivity contribution is 0.331. The molecule has 1 aromatic rings. The summed E-state index contributed by atoms with van der Waals surface area (Å²) in [6.07, 6.45) is 8.63. The summed E-state index contributed by atoms with van der Waals surface area (Å²) in [5, 5.41) is 0. The fraction of sp³-hybridized carbons (Fsp3) is 0.440. The average molecular weight is 335 g/mol. The van der Waals surface area contributed by atoms with E-state index in [-0.39, 0.29) is 10.8 Å². The Labute approximate surface area is 155 Å². The smallest absolute Gasteiger partial charge is 0.0100 e. The second-order valence-electron chi connectivity index (χ2n) is 9.03. The van der Waals surface area contributed by atoms with E-state index in [1.807, 2.05) is 6.08 Å². The molecule has 1 aliphatic carbocycles. The van der Waals surface area contributed by atoms with Crippen LogP contribution in [-0.4, -0.2) is 0 Å². The maximum atomic E-state index is 4.40. The van der Waals surface area contributed by atoms with Gasteiger partial charge in [0.1, 0.15) is 0 Å². The number of hydrogen-bond acceptors (Lipinski definition) is 0. The van der Waals surface area contributed by atoms with E-state index in [0.29, 0.717) is 0 Å². The van der Waals surface area contributed by atoms with Gasteiger partial charge in [0.15, 0.2) is 0 Å². The Balaban J connectivity index is 2.61. The van der Waals surface area contributed by atoms with Crippen LogP contribution in [0.3, 0.4) is 0 Å². The van der Waals surface area contributed by atoms with Crippen molar-refractivity contribution in [3.63, 3.8) is 0 Å². The van der Waals surface area contributed by atoms with Gasteiger partial charge in [-0.1, -0.05) is 76.8 Å². The Morgan fingerprint density at radius 3 is 1.96 bits per heavy atom. The predicted octanol–water partition coefficient (Wildman–Crippen LogP) is 7.44. The van der Waals surface area contributed by atoms with E-state index in [1.54, 1.807) is 0 Å². The molecular weight excluding hydrogens is 300 g/mol. The van der Waals surface area contributed by atoms with Gasteiger partial charge in [0.25, 0.3) is 0 Å². The second kappa shape index (κ2) is 6.83. The van der Waals surface area contributed by atoms with E-state index >= 15 is 0 Å². The fourth-order valence-electron chi connectivity index (χ4n) is 3.75. The van der Waals surface area contributed by atoms with Gasteiger partial charge in [-0.2, -0.15) is 0 Å². The molecule has 134 valence electrons. The molecule has 0 heteroatoms. The third kappa shape index (κ3) is 3.89. The Morgan fingerprint density at radius 1 is 0.960 bits per heavy atom. The first-order chi connectivity index (χ1) is 11.5. The highest BCUT2D eigenvalue weighted by Gasteiger charge is 2.37. The normalized spacial score (nSPS) is 18.3. The summed E-state index contributed by atoms with van der Waals surface area (Å²) in [6, 6.07) is 4.80. The zero-order chi connectivity index (χ0) is 19.0. The molecule has 0 unspecified atom stereocenters. The number of fused-ring (bicyclic) bond motifs is 1. The largest absolute Gasteiger partial charge is 0.0984 e. The molecule has 0 fully saturated rings. The molecule has 1 aliphatic rings. The molecule has 0 bridgehead atoms. The van der Waals surface area contributed by atoms with E-state index in [2.05, 4.69) is 85.9 Å². The van der Waals surface area contributed by atoms with Gasteiger partial charge in [0, 0.05) is 0 Å². The third-order valence-electron chi connectivity index (χ3n) is 5.69. The highest BCUT2D eigenvalue weighted by Crippen LogP contribution is 2.47. The van der Waals surface area contributed by atoms with Crippen molar-refractivity contribution in [2.24, 2.45) is 0 Å². The van der Waals surface area contributed by atoms with Crippen molar-refractivity contribution in [3.8, 4) is 0 Å². The molecule has 0 nitrogen and oxygen atoms in total. The molecule has 0 N–H and O–H groups in total. The van der Waals surface area contributed by atoms with Crippen LogP contribution in [0.15, 0.2) is 54.7 Å². The number of aryl methyl sites for hydroxylation is 1. The molecule has 0 aromatic heterocycles. The fourth-order valence-corrected chi connectivity index (χ4v) is 3.75. The lowest BCUT2D eigenvalue weighted by atomic mass is 9.62. The second-order valence-corrected chi connectivity index (χ2v) is 9.03. The first-order valence-electron chi connectivity index (χ1n) is 9.32. The molecular formula is C25H34. The van der Waals surface area contributed by atoms with Gasteiger partial charge in [-0.25, -0.2) is 0 Å². The first-order valence-corrected chi connectivity index (χ1v) is 9.32. The van der Waals surface area contributed by atoms with Crippen LogP contribution >= 0.6 is 0 Å². The molecule has 0 heterocycles. The number of rotatable bonds is 4. The Bertz CT molecular complexity index is 759. The topological polar surface area (TPSA) is 0 Å². The third-order valence-corrected chi connectivity index (χ3v) is 5.69. The van der Waals surface area contributed by atoms with Gasteiger partial charge >= 0.3 is 0 Å². The van der Waals surface area contributed by atoms with Crippen molar-refractivity contribution in [3.05, 3.63) is 76.9 Å². The Morgan fingerprint density at radius 2 is 1.48 bits per heavy atom. The van der Waals surface area contributed by atoms with Gasteiger partial charge in [-0.05, 0) is 77.8 Å². The van der Waals surface area contributed by atoms with Gasteiger partial charge in [0.05, 0.1) is 0 Å². The van der Waals surface area contributed by atoms with E-state index in [0.717, 1.165) is 11.1 Å². The zero-order valence-electron chi connectivity index (χ0n) is 17.2. The van der Waals surface area contributed by atoms with Crippen molar-refractivity contribution in [2.45, 2.75) is 72.1 Å². The van der Waals surface area contributed by atoms with Crippen LogP contribution in [0.5, 0.6) is 0 Å². The molecule has 0 saturated carbocycles. The van der Waals surface area contributed by atoms with Gasteiger partial charge < -0.3 is 0 Å². The van der Waals surface area contributed by atoms with Gasteiger partial charge in [-0.3, -0.25) is 0 Å². The lowest BCUT2D eigenvalue weighted by Crippen LogP contribution is -2.34. The average Bonchev–Trinajstić information content (AvgIpc) is 2.51. The number of hydrogen-bond donors (Lipinski definition) is 0. The summed E-state index contributed by atoms with van der Waals surface area (Å²) in [5.74, 6) is 0. The maximum absolute atomic E-state index is 4.40. The van der Waals surface area contributed by atoms with Crippen molar-refractivity contribution >= 4 is 5.57 Å². The summed E-state index contributed by atoms with van der Waals surface area (Å²) in [5.41, 5.74) is 9.43. The molecule has 2 rings (SSSR count). The standard InChI is InChI=1S/C25H34/c1-10-20(12-11-17(2)3)19(5)21-16-23-22(15-18(21)4)24(6,7)13-14-25(23,8)9/h10-12,15-16H,1,5,13-14H2,2-4,6-9H3/b20-12+. The zero-order valence-corrected chi connectivity index (χ0v) is 17.2. The van der Waals surface area contributed by atoms with Crippen LogP contribution < -0.4 is 0 Å². The number of allylic oxidation sites excluding steroid dienone is 6. The van der Waals surface area contributed by atoms with Gasteiger partial charge in [-0.15, -0.1) is 0 Å². The minimum absolute atomic E-state index is 0.214. The lowest BCUT2D eigenvalue weighted by Gasteiger charge is -2.42. The molecule has 1 aromatic carbocycles. The Hall–Kier alpha value is -1.82. The highest BCUT2D eigenvalue weighted by atomic mass is 14.4. The monoisotopic (exact) mass is 334 g/mol. The molecule has 0 radical (unpaired) electrons. The molecule has 25 heavy (non-hydrogen) atoms. The predicted molar refractivity (Wildman–Crippen MR) is 113 cm³/mol. The van der Waals surface area contributed by atoms with Gasteiger partial charge in [0.2, 0.25) is 0 Å². The van der Waals surface area contributed by atoms with Crippen molar-refractivity contribution < 1.29 is 0 Å². The Kier molecular flexibility index (Phi) is 5.33. The van der Waals surface area contributed by atoms with Crippen LogP contribution in [0.25, 0.3) is 5.57 Å². The van der Waals surface area contributed by atoms with Crippen LogP contribution in [0, 0.1) is 6.92 Å². The molecule has 0 saturated heterocycles. The van der Waals surface area contributed by atoms with E-state index in [1.165, 1.54) is 40.7 Å². The van der Waals surface area contributed by atoms with E-state index in [9.17, 15) is 0 Å². The summed E-state index contributed by atoms with van der Waals surface area (Å²) in [7, 11) is 0. The summed E-state index contributed by atoms with van der Waals surface area (Å²) < 4.78 is 0. The minimum Gasteiger partial charge on any atom is -0.0984 e. The maximum Gasteiger partial charge on any atom is -0.0100 e. The van der Waals surface area contributed by atoms with Crippen LogP contribution in [0.1, 0.15) is 76.6 Å². The van der Waals surface area contributed by atoms with Crippen LogP contribution in [-0.2, 0) is 10.8 Å². The van der Waals surface area contributed by atoms with Crippen LogP contribution in [0.4, 0.5) is 0 Å². The molecule has 0 spiro atoms. The SMILES string of the molecule is C=C/C(=C\C=C(C)C)C(=C)c1cc2c(cc1C)C(C)(C)CCC2(C)C. The first kappa shape index (κ1) is 19.5. The molecule has 0 amide bonds. The molecule has 0 atom stereocenters. The van der Waals surface area contributed by atoms with E-state index in [4.69, 9.17) is 0 Å². The van der Waals surface area contributed by atoms with Crippen molar-refractivity contribution in [2.75, 3.05) is 0 Å². The van der Waals surface area contributed by atoms with E-state index < -0.39 is 0 Å². The van der Waals surface area contributed by atoms with Crippen molar-refractivity contribution in [1.82, 2.24) is 0 Å². The number of benzene rings is 1.